The second-order valence-corrected chi connectivity index (χ2v) is 2.98. The topological polar surface area (TPSA) is 53.3 Å². The average Bonchev–Trinajstić information content (AvgIpc) is 2.27. The van der Waals surface area contributed by atoms with Crippen LogP contribution in [0.15, 0.2) is 47.6 Å². The number of carbonyl (C=O) groups is 1. The summed E-state index contributed by atoms with van der Waals surface area (Å²) in [5.74, 6) is -0.504. The third-order valence-electron chi connectivity index (χ3n) is 2.10. The molecule has 0 aliphatic heterocycles. The van der Waals surface area contributed by atoms with Crippen molar-refractivity contribution < 1.29 is 4.79 Å². The van der Waals surface area contributed by atoms with Crippen LogP contribution in [0.5, 0.6) is 0 Å². The average molecular weight is 184 g/mol. The van der Waals surface area contributed by atoms with Gasteiger partial charge in [0.15, 0.2) is 0 Å². The Bertz CT molecular complexity index is 505. The largest absolute Gasteiger partial charge is 0.294 e. The van der Waals surface area contributed by atoms with Crippen LogP contribution in [0.4, 0.5) is 0 Å². The molecule has 3 nitrogen and oxygen atoms in total. The van der Waals surface area contributed by atoms with Crippen molar-refractivity contribution in [2.45, 2.75) is 0 Å². The van der Waals surface area contributed by atoms with Crippen LogP contribution < -0.4 is 0 Å². The zero-order valence-electron chi connectivity index (χ0n) is 7.40. The number of hydrogen-bond acceptors (Lipinski definition) is 2. The van der Waals surface area contributed by atoms with Gasteiger partial charge in [0.05, 0.1) is 0 Å². The third kappa shape index (κ3) is 1.40. The molecule has 2 rings (SSSR count). The Kier molecular flexibility index (Phi) is 2.07. The van der Waals surface area contributed by atoms with Gasteiger partial charge in [-0.25, -0.2) is 5.53 Å². The van der Waals surface area contributed by atoms with Gasteiger partial charge in [-0.1, -0.05) is 30.3 Å². The van der Waals surface area contributed by atoms with E-state index >= 15 is 0 Å². The molecule has 0 atom stereocenters. The number of nitrogens with zero attached hydrogens (tertiary/aromatic N) is 1. The summed E-state index contributed by atoms with van der Waals surface area (Å²) in [6.45, 7) is 0. The predicted octanol–water partition coefficient (Wildman–Crippen LogP) is 3.01. The van der Waals surface area contributed by atoms with E-state index < -0.39 is 5.91 Å². The van der Waals surface area contributed by atoms with E-state index in [0.717, 1.165) is 10.8 Å². The molecule has 0 aliphatic carbocycles. The van der Waals surface area contributed by atoms with Gasteiger partial charge in [0.2, 0.25) is 0 Å². The summed E-state index contributed by atoms with van der Waals surface area (Å²) in [5, 5.41) is 4.94. The van der Waals surface area contributed by atoms with Gasteiger partial charge < -0.3 is 0 Å². The van der Waals surface area contributed by atoms with Gasteiger partial charge in [0, 0.05) is 5.56 Å². The number of hydrogen-bond donors (Lipinski definition) is 1. The lowest BCUT2D eigenvalue weighted by Crippen LogP contribution is -1.92. The quantitative estimate of drug-likeness (QED) is 0.680. The fourth-order valence-electron chi connectivity index (χ4n) is 1.39. The fraction of sp³-hybridized carbons (Fsp3) is 0. The molecule has 0 spiro atoms. The molecule has 0 fully saturated rings. The van der Waals surface area contributed by atoms with Crippen LogP contribution in [0, 0.1) is 5.53 Å². The molecule has 1 N–H and O–H groups in total. The molecule has 0 aliphatic rings. The Morgan fingerprint density at radius 1 is 1.07 bits per heavy atom. The second kappa shape index (κ2) is 3.38. The molecule has 0 bridgehead atoms. The SMILES string of the molecule is N=NC(=O)c1ccc2ccccc2c1. The van der Waals surface area contributed by atoms with Crippen molar-refractivity contribution in [3.8, 4) is 0 Å². The van der Waals surface area contributed by atoms with Gasteiger partial charge in [-0.05, 0) is 22.9 Å². The van der Waals surface area contributed by atoms with Crippen LogP contribution in [-0.2, 0) is 0 Å². The molecule has 2 aromatic rings. The summed E-state index contributed by atoms with van der Waals surface area (Å²) in [7, 11) is 0. The molecule has 3 heteroatoms. The standard InChI is InChI=1S/C11H8N2O/c12-13-11(14)10-6-5-8-3-1-2-4-9(8)7-10/h1-7,12H. The summed E-state index contributed by atoms with van der Waals surface area (Å²) in [4.78, 5) is 11.1. The van der Waals surface area contributed by atoms with E-state index in [9.17, 15) is 4.79 Å². The Morgan fingerprint density at radius 3 is 2.50 bits per heavy atom. The van der Waals surface area contributed by atoms with Gasteiger partial charge in [0.25, 0.3) is 5.91 Å². The maximum absolute atomic E-state index is 11.1. The van der Waals surface area contributed by atoms with Gasteiger partial charge in [-0.2, -0.15) is 0 Å². The Labute approximate surface area is 80.9 Å². The summed E-state index contributed by atoms with van der Waals surface area (Å²) in [6, 6.07) is 13.0. The van der Waals surface area contributed by atoms with Crippen LogP contribution in [0.3, 0.4) is 0 Å². The normalized spacial score (nSPS) is 10.0. The zero-order valence-corrected chi connectivity index (χ0v) is 7.40. The maximum atomic E-state index is 11.1. The van der Waals surface area contributed by atoms with E-state index in [1.807, 2.05) is 30.3 Å². The molecule has 0 radical (unpaired) electrons. The van der Waals surface area contributed by atoms with Crippen molar-refractivity contribution in [2.75, 3.05) is 0 Å². The van der Waals surface area contributed by atoms with Crippen molar-refractivity contribution in [2.24, 2.45) is 5.11 Å². The number of rotatable bonds is 1. The van der Waals surface area contributed by atoms with Crippen molar-refractivity contribution in [1.29, 1.82) is 5.53 Å². The molecule has 2 aromatic carbocycles. The Balaban J connectivity index is 2.62. The first-order valence-electron chi connectivity index (χ1n) is 4.22. The smallest absolute Gasteiger partial charge is 0.265 e. The number of fused-ring (bicyclic) bond motifs is 1. The van der Waals surface area contributed by atoms with E-state index in [2.05, 4.69) is 5.11 Å². The first-order valence-corrected chi connectivity index (χ1v) is 4.22. The van der Waals surface area contributed by atoms with Gasteiger partial charge in [-0.3, -0.25) is 4.79 Å². The molecule has 0 saturated carbocycles. The third-order valence-corrected chi connectivity index (χ3v) is 2.10. The molecule has 0 heterocycles. The van der Waals surface area contributed by atoms with Crippen molar-refractivity contribution in [3.63, 3.8) is 0 Å². The second-order valence-electron chi connectivity index (χ2n) is 2.98. The van der Waals surface area contributed by atoms with Gasteiger partial charge >= 0.3 is 0 Å². The number of amides is 1. The highest BCUT2D eigenvalue weighted by molar-refractivity contribution is 5.98. The van der Waals surface area contributed by atoms with Crippen LogP contribution in [0.25, 0.3) is 10.8 Å². The first-order chi connectivity index (χ1) is 6.81. The summed E-state index contributed by atoms with van der Waals surface area (Å²) >= 11 is 0. The summed E-state index contributed by atoms with van der Waals surface area (Å²) < 4.78 is 0. The van der Waals surface area contributed by atoms with Crippen LogP contribution >= 0.6 is 0 Å². The van der Waals surface area contributed by atoms with Gasteiger partial charge in [0.1, 0.15) is 0 Å². The monoisotopic (exact) mass is 184 g/mol. The fourth-order valence-corrected chi connectivity index (χ4v) is 1.39. The predicted molar refractivity (Wildman–Crippen MR) is 53.4 cm³/mol. The summed E-state index contributed by atoms with van der Waals surface area (Å²) in [5.41, 5.74) is 7.09. The lowest BCUT2D eigenvalue weighted by Gasteiger charge is -1.98. The maximum Gasteiger partial charge on any atom is 0.294 e. The highest BCUT2D eigenvalue weighted by atomic mass is 16.1. The van der Waals surface area contributed by atoms with Crippen LogP contribution in [0.1, 0.15) is 10.4 Å². The first kappa shape index (κ1) is 8.56. The molecule has 0 unspecified atom stereocenters. The van der Waals surface area contributed by atoms with E-state index in [1.54, 1.807) is 12.1 Å². The van der Waals surface area contributed by atoms with Crippen molar-refractivity contribution >= 4 is 16.7 Å². The number of carbonyl (C=O) groups excluding carboxylic acids is 1. The molecule has 14 heavy (non-hydrogen) atoms. The van der Waals surface area contributed by atoms with Crippen molar-refractivity contribution in [1.82, 2.24) is 0 Å². The number of benzene rings is 2. The molecule has 0 aromatic heterocycles. The summed E-state index contributed by atoms with van der Waals surface area (Å²) in [6.07, 6.45) is 0. The minimum absolute atomic E-state index is 0.457. The van der Waals surface area contributed by atoms with E-state index in [-0.39, 0.29) is 0 Å². The van der Waals surface area contributed by atoms with E-state index in [1.165, 1.54) is 0 Å². The van der Waals surface area contributed by atoms with Crippen LogP contribution in [0.2, 0.25) is 0 Å². The van der Waals surface area contributed by atoms with E-state index in [4.69, 9.17) is 5.53 Å². The molecule has 68 valence electrons. The zero-order chi connectivity index (χ0) is 9.97. The Hall–Kier alpha value is -2.03. The minimum Gasteiger partial charge on any atom is -0.265 e. The number of nitrogens with one attached hydrogen (secondary N) is 1. The molecule has 1 amide bonds. The lowest BCUT2D eigenvalue weighted by atomic mass is 10.1. The molecule has 0 saturated heterocycles. The van der Waals surface area contributed by atoms with Crippen LogP contribution in [-0.4, -0.2) is 5.91 Å². The minimum atomic E-state index is -0.504. The molecular formula is C11H8N2O. The Morgan fingerprint density at radius 2 is 1.79 bits per heavy atom. The lowest BCUT2D eigenvalue weighted by molar-refractivity contribution is 0.0991. The van der Waals surface area contributed by atoms with E-state index in [0.29, 0.717) is 5.56 Å². The highest BCUT2D eigenvalue weighted by Crippen LogP contribution is 2.15. The van der Waals surface area contributed by atoms with Crippen molar-refractivity contribution in [3.05, 3.63) is 48.0 Å². The highest BCUT2D eigenvalue weighted by Gasteiger charge is 2.03. The van der Waals surface area contributed by atoms with Gasteiger partial charge in [-0.15, -0.1) is 5.11 Å². The molecular weight excluding hydrogens is 176 g/mol.